The molecular formula is C13H11NO3. The van der Waals surface area contributed by atoms with Crippen LogP contribution in [0.5, 0.6) is 0 Å². The second kappa shape index (κ2) is 4.65. The van der Waals surface area contributed by atoms with Crippen molar-refractivity contribution in [3.05, 3.63) is 58.4 Å². The van der Waals surface area contributed by atoms with Crippen molar-refractivity contribution in [3.63, 3.8) is 0 Å². The maximum absolute atomic E-state index is 11.6. The van der Waals surface area contributed by atoms with Crippen LogP contribution in [-0.2, 0) is 11.2 Å². The van der Waals surface area contributed by atoms with E-state index in [0.29, 0.717) is 5.69 Å². The van der Waals surface area contributed by atoms with Crippen LogP contribution in [0, 0.1) is 0 Å². The van der Waals surface area contributed by atoms with E-state index in [2.05, 4.69) is 4.98 Å². The molecule has 0 atom stereocenters. The van der Waals surface area contributed by atoms with Crippen LogP contribution in [0.1, 0.15) is 5.56 Å². The van der Waals surface area contributed by atoms with E-state index in [0.717, 1.165) is 5.56 Å². The third-order valence-electron chi connectivity index (χ3n) is 2.42. The fourth-order valence-electron chi connectivity index (χ4n) is 1.59. The summed E-state index contributed by atoms with van der Waals surface area (Å²) in [6.45, 7) is 0. The molecule has 2 N–H and O–H groups in total. The molecule has 0 fully saturated rings. The lowest BCUT2D eigenvalue weighted by Gasteiger charge is -2.02. The van der Waals surface area contributed by atoms with Crippen LogP contribution >= 0.6 is 0 Å². The summed E-state index contributed by atoms with van der Waals surface area (Å²) in [5.74, 6) is -1.01. The highest BCUT2D eigenvalue weighted by Gasteiger charge is 2.06. The van der Waals surface area contributed by atoms with Crippen LogP contribution in [0.3, 0.4) is 0 Å². The molecule has 0 unspecified atom stereocenters. The second-order valence-corrected chi connectivity index (χ2v) is 3.66. The molecule has 4 heteroatoms. The molecule has 0 radical (unpaired) electrons. The zero-order valence-corrected chi connectivity index (χ0v) is 9.01. The standard InChI is InChI=1S/C13H11NO3/c15-12(16)8-10-6-7-11(14-13(10)17)9-4-2-1-3-5-9/h1-7H,8H2,(H,14,17)(H,15,16). The van der Waals surface area contributed by atoms with Crippen LogP contribution in [-0.4, -0.2) is 16.1 Å². The number of benzene rings is 1. The highest BCUT2D eigenvalue weighted by molar-refractivity contribution is 5.70. The number of hydrogen-bond acceptors (Lipinski definition) is 2. The second-order valence-electron chi connectivity index (χ2n) is 3.66. The Kier molecular flexibility index (Phi) is 3.05. The zero-order chi connectivity index (χ0) is 12.3. The zero-order valence-electron chi connectivity index (χ0n) is 9.01. The lowest BCUT2D eigenvalue weighted by Crippen LogP contribution is -2.16. The molecule has 0 aliphatic carbocycles. The molecule has 0 bridgehead atoms. The number of aromatic amines is 1. The van der Waals surface area contributed by atoms with Crippen LogP contribution in [0.25, 0.3) is 11.3 Å². The molecular weight excluding hydrogens is 218 g/mol. The summed E-state index contributed by atoms with van der Waals surface area (Å²) in [6.07, 6.45) is -0.260. The van der Waals surface area contributed by atoms with Crippen LogP contribution in [0.15, 0.2) is 47.3 Å². The van der Waals surface area contributed by atoms with E-state index in [4.69, 9.17) is 5.11 Å². The van der Waals surface area contributed by atoms with Gasteiger partial charge in [-0.3, -0.25) is 9.59 Å². The van der Waals surface area contributed by atoms with Gasteiger partial charge < -0.3 is 10.1 Å². The van der Waals surface area contributed by atoms with Gasteiger partial charge in [0.1, 0.15) is 0 Å². The third kappa shape index (κ3) is 2.60. The molecule has 0 spiro atoms. The first-order valence-electron chi connectivity index (χ1n) is 5.16. The van der Waals surface area contributed by atoms with Gasteiger partial charge in [-0.1, -0.05) is 36.4 Å². The van der Waals surface area contributed by atoms with E-state index < -0.39 is 5.97 Å². The Bertz CT molecular complexity index is 587. The Morgan fingerprint density at radius 3 is 2.41 bits per heavy atom. The van der Waals surface area contributed by atoms with Crippen molar-refractivity contribution >= 4 is 5.97 Å². The van der Waals surface area contributed by atoms with Crippen molar-refractivity contribution in [3.8, 4) is 11.3 Å². The first-order valence-corrected chi connectivity index (χ1v) is 5.16. The summed E-state index contributed by atoms with van der Waals surface area (Å²) in [5.41, 5.74) is 1.49. The average Bonchev–Trinajstić information content (AvgIpc) is 2.32. The minimum atomic E-state index is -1.01. The molecule has 1 aromatic carbocycles. The van der Waals surface area contributed by atoms with Gasteiger partial charge in [-0.25, -0.2) is 0 Å². The largest absolute Gasteiger partial charge is 0.481 e. The number of aliphatic carboxylic acids is 1. The first kappa shape index (κ1) is 11.1. The number of pyridine rings is 1. The summed E-state index contributed by atoms with van der Waals surface area (Å²) in [5, 5.41) is 8.62. The molecule has 0 aliphatic heterocycles. The van der Waals surface area contributed by atoms with Gasteiger partial charge in [0, 0.05) is 11.3 Å². The fourth-order valence-corrected chi connectivity index (χ4v) is 1.59. The SMILES string of the molecule is O=C(O)Cc1ccc(-c2ccccc2)[nH]c1=O. The van der Waals surface area contributed by atoms with Gasteiger partial charge in [0.05, 0.1) is 6.42 Å². The Morgan fingerprint density at radius 1 is 1.12 bits per heavy atom. The van der Waals surface area contributed by atoms with Crippen molar-refractivity contribution in [1.82, 2.24) is 4.98 Å². The molecule has 0 amide bonds. The van der Waals surface area contributed by atoms with E-state index in [1.54, 1.807) is 12.1 Å². The van der Waals surface area contributed by atoms with Crippen LogP contribution < -0.4 is 5.56 Å². The first-order chi connectivity index (χ1) is 8.16. The number of carboxylic acid groups (broad SMARTS) is 1. The summed E-state index contributed by atoms with van der Waals surface area (Å²) >= 11 is 0. The number of carbonyl (C=O) groups is 1. The molecule has 4 nitrogen and oxygen atoms in total. The molecule has 2 rings (SSSR count). The normalized spacial score (nSPS) is 10.1. The molecule has 0 saturated heterocycles. The maximum Gasteiger partial charge on any atom is 0.308 e. The van der Waals surface area contributed by atoms with E-state index in [1.807, 2.05) is 30.3 Å². The highest BCUT2D eigenvalue weighted by atomic mass is 16.4. The maximum atomic E-state index is 11.6. The summed E-state index contributed by atoms with van der Waals surface area (Å²) in [7, 11) is 0. The van der Waals surface area contributed by atoms with Crippen LogP contribution in [0.4, 0.5) is 0 Å². The summed E-state index contributed by atoms with van der Waals surface area (Å²) in [6, 6.07) is 12.7. The lowest BCUT2D eigenvalue weighted by molar-refractivity contribution is -0.136. The van der Waals surface area contributed by atoms with Gasteiger partial charge in [-0.05, 0) is 11.6 Å². The van der Waals surface area contributed by atoms with E-state index in [-0.39, 0.29) is 17.5 Å². The van der Waals surface area contributed by atoms with E-state index >= 15 is 0 Å². The lowest BCUT2D eigenvalue weighted by atomic mass is 10.1. The molecule has 2 aromatic rings. The molecule has 1 aromatic heterocycles. The van der Waals surface area contributed by atoms with Crippen molar-refractivity contribution in [2.24, 2.45) is 0 Å². The Balaban J connectivity index is 2.38. The quantitative estimate of drug-likeness (QED) is 0.841. The molecule has 1 heterocycles. The van der Waals surface area contributed by atoms with Crippen molar-refractivity contribution in [2.75, 3.05) is 0 Å². The number of aromatic nitrogens is 1. The predicted molar refractivity (Wildman–Crippen MR) is 63.8 cm³/mol. The molecule has 0 saturated carbocycles. The Hall–Kier alpha value is -2.36. The van der Waals surface area contributed by atoms with Gasteiger partial charge in [-0.15, -0.1) is 0 Å². The summed E-state index contributed by atoms with van der Waals surface area (Å²) < 4.78 is 0. The van der Waals surface area contributed by atoms with E-state index in [9.17, 15) is 9.59 Å². The third-order valence-corrected chi connectivity index (χ3v) is 2.42. The van der Waals surface area contributed by atoms with Crippen LogP contribution in [0.2, 0.25) is 0 Å². The van der Waals surface area contributed by atoms with Crippen molar-refractivity contribution < 1.29 is 9.90 Å². The Morgan fingerprint density at radius 2 is 1.82 bits per heavy atom. The van der Waals surface area contributed by atoms with Gasteiger partial charge >= 0.3 is 5.97 Å². The monoisotopic (exact) mass is 229 g/mol. The molecule has 0 aliphatic rings. The topological polar surface area (TPSA) is 70.2 Å². The highest BCUT2D eigenvalue weighted by Crippen LogP contribution is 2.14. The minimum absolute atomic E-state index is 0.260. The van der Waals surface area contributed by atoms with E-state index in [1.165, 1.54) is 0 Å². The number of nitrogens with one attached hydrogen (secondary N) is 1. The summed E-state index contributed by atoms with van der Waals surface area (Å²) in [4.78, 5) is 24.8. The minimum Gasteiger partial charge on any atom is -0.481 e. The number of rotatable bonds is 3. The molecule has 17 heavy (non-hydrogen) atoms. The molecule has 86 valence electrons. The van der Waals surface area contributed by atoms with Gasteiger partial charge in [0.25, 0.3) is 5.56 Å². The number of hydrogen-bond donors (Lipinski definition) is 2. The average molecular weight is 229 g/mol. The van der Waals surface area contributed by atoms with Gasteiger partial charge in [-0.2, -0.15) is 0 Å². The number of H-pyrrole nitrogens is 1. The Labute approximate surface area is 97.6 Å². The van der Waals surface area contributed by atoms with Gasteiger partial charge in [0.2, 0.25) is 0 Å². The predicted octanol–water partition coefficient (Wildman–Crippen LogP) is 1.67. The van der Waals surface area contributed by atoms with Gasteiger partial charge in [0.15, 0.2) is 0 Å². The number of carboxylic acids is 1. The smallest absolute Gasteiger partial charge is 0.308 e. The van der Waals surface area contributed by atoms with Crippen molar-refractivity contribution in [1.29, 1.82) is 0 Å². The van der Waals surface area contributed by atoms with Crippen molar-refractivity contribution in [2.45, 2.75) is 6.42 Å². The fraction of sp³-hybridized carbons (Fsp3) is 0.0769.